The number of rotatable bonds is 7. The summed E-state index contributed by atoms with van der Waals surface area (Å²) in [4.78, 5) is 29.4. The second-order valence-electron chi connectivity index (χ2n) is 6.39. The molecule has 2 aromatic heterocycles. The van der Waals surface area contributed by atoms with Gasteiger partial charge in [-0.2, -0.15) is 0 Å². The molecule has 2 aromatic carbocycles. The maximum atomic E-state index is 12.6. The second kappa shape index (κ2) is 8.81. The number of aromatic nitrogens is 3. The van der Waals surface area contributed by atoms with E-state index < -0.39 is 5.63 Å². The summed E-state index contributed by atoms with van der Waals surface area (Å²) in [5.74, 6) is 0.383. The van der Waals surface area contributed by atoms with Crippen molar-refractivity contribution in [3.63, 3.8) is 0 Å². The minimum Gasteiger partial charge on any atom is -0.422 e. The lowest BCUT2D eigenvalue weighted by atomic mass is 10.1. The molecule has 0 aliphatic rings. The minimum atomic E-state index is -0.639. The molecular weight excluding hydrogens is 466 g/mol. The number of thioether (sulfide) groups is 1. The first-order chi connectivity index (χ1) is 14.5. The average Bonchev–Trinajstić information content (AvgIpc) is 3.15. The second-order valence-corrected chi connectivity index (χ2v) is 8.25. The summed E-state index contributed by atoms with van der Waals surface area (Å²) < 4.78 is 7.95. The highest BCUT2D eigenvalue weighted by Gasteiger charge is 2.17. The van der Waals surface area contributed by atoms with Gasteiger partial charge in [0, 0.05) is 15.4 Å². The van der Waals surface area contributed by atoms with Gasteiger partial charge in [0.2, 0.25) is 5.16 Å². The Balaban J connectivity index is 1.56. The first kappa shape index (κ1) is 20.3. The van der Waals surface area contributed by atoms with Gasteiger partial charge in [0.1, 0.15) is 11.1 Å². The fraction of sp³-hybridized carbons (Fsp3) is 0.0909. The molecule has 0 saturated carbocycles. The Labute approximate surface area is 184 Å². The van der Waals surface area contributed by atoms with E-state index in [1.807, 2.05) is 30.3 Å². The Kier molecular flexibility index (Phi) is 5.96. The molecule has 0 atom stereocenters. The first-order valence-corrected chi connectivity index (χ1v) is 10.8. The third kappa shape index (κ3) is 4.29. The molecule has 0 saturated heterocycles. The number of ketones is 1. The number of Topliss-reactive ketones (excluding diaryl/α,β-unsaturated/α-hetero) is 1. The maximum absolute atomic E-state index is 12.6. The smallest absolute Gasteiger partial charge is 0.347 e. The van der Waals surface area contributed by atoms with Crippen LogP contribution in [0, 0.1) is 0 Å². The van der Waals surface area contributed by atoms with Crippen LogP contribution in [-0.4, -0.2) is 26.3 Å². The number of fused-ring (bicyclic) bond motifs is 1. The van der Waals surface area contributed by atoms with Crippen molar-refractivity contribution in [1.82, 2.24) is 14.8 Å². The highest BCUT2D eigenvalue weighted by atomic mass is 79.9. The van der Waals surface area contributed by atoms with Gasteiger partial charge in [-0.15, -0.1) is 11.7 Å². The quantitative estimate of drug-likeness (QED) is 0.160. The summed E-state index contributed by atoms with van der Waals surface area (Å²) in [6.45, 7) is 4.25. The lowest BCUT2D eigenvalue weighted by molar-refractivity contribution is 0.101. The van der Waals surface area contributed by atoms with Crippen LogP contribution in [0.3, 0.4) is 0 Å². The molecule has 0 aliphatic heterocycles. The van der Waals surface area contributed by atoms with Crippen LogP contribution in [0.25, 0.3) is 22.4 Å². The summed E-state index contributed by atoms with van der Waals surface area (Å²) in [7, 11) is 0. The topological polar surface area (TPSA) is 78.0 Å². The van der Waals surface area contributed by atoms with E-state index in [9.17, 15) is 9.59 Å². The zero-order chi connectivity index (χ0) is 21.1. The summed E-state index contributed by atoms with van der Waals surface area (Å²) in [6.07, 6.45) is 1.73. The van der Waals surface area contributed by atoms with Gasteiger partial charge >= 0.3 is 5.63 Å². The molecule has 30 heavy (non-hydrogen) atoms. The molecule has 0 fully saturated rings. The molecule has 4 rings (SSSR count). The molecule has 4 aromatic rings. The SMILES string of the molecule is C=CCn1nc(SCC(=O)c2cc3ccccc3oc2=O)nc1-c1ccc(Br)cc1. The largest absolute Gasteiger partial charge is 0.422 e. The van der Waals surface area contributed by atoms with Crippen LogP contribution in [0.2, 0.25) is 0 Å². The predicted octanol–water partition coefficient (Wildman–Crippen LogP) is 4.98. The Hall–Kier alpha value is -2.97. The van der Waals surface area contributed by atoms with Crippen LogP contribution in [0.5, 0.6) is 0 Å². The minimum absolute atomic E-state index is 0.0276. The number of benzene rings is 2. The van der Waals surface area contributed by atoms with E-state index >= 15 is 0 Å². The zero-order valence-electron chi connectivity index (χ0n) is 15.7. The number of carbonyl (C=O) groups is 1. The Morgan fingerprint density at radius 2 is 1.97 bits per heavy atom. The van der Waals surface area contributed by atoms with Crippen LogP contribution in [0.15, 0.2) is 86.1 Å². The van der Waals surface area contributed by atoms with Crippen molar-refractivity contribution >= 4 is 44.4 Å². The molecule has 0 bridgehead atoms. The molecule has 0 radical (unpaired) electrons. The number of halogens is 1. The van der Waals surface area contributed by atoms with Crippen LogP contribution in [-0.2, 0) is 6.54 Å². The Bertz CT molecular complexity index is 1300. The molecule has 6 nitrogen and oxygen atoms in total. The number of nitrogens with zero attached hydrogens (tertiary/aromatic N) is 3. The molecule has 0 amide bonds. The van der Waals surface area contributed by atoms with Crippen LogP contribution in [0.4, 0.5) is 0 Å². The molecule has 0 N–H and O–H groups in total. The van der Waals surface area contributed by atoms with Gasteiger partial charge < -0.3 is 4.42 Å². The van der Waals surface area contributed by atoms with Crippen LogP contribution < -0.4 is 5.63 Å². The molecule has 2 heterocycles. The lowest BCUT2D eigenvalue weighted by Crippen LogP contribution is -2.15. The van der Waals surface area contributed by atoms with Gasteiger partial charge in [-0.1, -0.05) is 64.1 Å². The van der Waals surface area contributed by atoms with E-state index in [0.29, 0.717) is 28.5 Å². The van der Waals surface area contributed by atoms with Crippen LogP contribution >= 0.6 is 27.7 Å². The average molecular weight is 482 g/mol. The molecule has 150 valence electrons. The van der Waals surface area contributed by atoms with E-state index in [4.69, 9.17) is 4.42 Å². The van der Waals surface area contributed by atoms with E-state index in [2.05, 4.69) is 32.6 Å². The number of hydrogen-bond donors (Lipinski definition) is 0. The molecule has 0 unspecified atom stereocenters. The number of para-hydroxylation sites is 1. The fourth-order valence-electron chi connectivity index (χ4n) is 2.91. The summed E-state index contributed by atoms with van der Waals surface area (Å²) in [6, 6.07) is 16.4. The summed E-state index contributed by atoms with van der Waals surface area (Å²) in [5, 5.41) is 5.63. The van der Waals surface area contributed by atoms with E-state index in [-0.39, 0.29) is 17.1 Å². The van der Waals surface area contributed by atoms with Gasteiger partial charge in [-0.25, -0.2) is 14.5 Å². The van der Waals surface area contributed by atoms with Crippen molar-refractivity contribution in [3.8, 4) is 11.4 Å². The van der Waals surface area contributed by atoms with Crippen molar-refractivity contribution in [1.29, 1.82) is 0 Å². The van der Waals surface area contributed by atoms with Crippen molar-refractivity contribution in [2.45, 2.75) is 11.7 Å². The van der Waals surface area contributed by atoms with Gasteiger partial charge in [-0.05, 0) is 24.3 Å². The van der Waals surface area contributed by atoms with E-state index in [1.54, 1.807) is 35.0 Å². The summed E-state index contributed by atoms with van der Waals surface area (Å²) in [5.41, 5.74) is 0.747. The monoisotopic (exact) mass is 481 g/mol. The highest BCUT2D eigenvalue weighted by molar-refractivity contribution is 9.10. The third-order valence-electron chi connectivity index (χ3n) is 4.33. The highest BCUT2D eigenvalue weighted by Crippen LogP contribution is 2.24. The Morgan fingerprint density at radius 1 is 1.20 bits per heavy atom. The van der Waals surface area contributed by atoms with Crippen molar-refractivity contribution < 1.29 is 9.21 Å². The molecule has 0 aliphatic carbocycles. The van der Waals surface area contributed by atoms with E-state index in [0.717, 1.165) is 10.0 Å². The fourth-order valence-corrected chi connectivity index (χ4v) is 3.90. The normalized spacial score (nSPS) is 11.0. The standard InChI is InChI=1S/C22H16BrN3O3S/c1-2-11-26-20(14-7-9-16(23)10-8-14)24-22(25-26)30-13-18(27)17-12-15-5-3-4-6-19(15)29-21(17)28/h2-10,12H,1,11,13H2. The molecule has 0 spiro atoms. The third-order valence-corrected chi connectivity index (χ3v) is 5.70. The van der Waals surface area contributed by atoms with E-state index in [1.165, 1.54) is 11.8 Å². The Morgan fingerprint density at radius 3 is 2.73 bits per heavy atom. The van der Waals surface area contributed by atoms with Gasteiger partial charge in [0.05, 0.1) is 12.3 Å². The summed E-state index contributed by atoms with van der Waals surface area (Å²) >= 11 is 4.60. The van der Waals surface area contributed by atoms with Gasteiger partial charge in [0.15, 0.2) is 11.6 Å². The number of hydrogen-bond acceptors (Lipinski definition) is 6. The number of carbonyl (C=O) groups excluding carboxylic acids is 1. The maximum Gasteiger partial charge on any atom is 0.347 e. The number of allylic oxidation sites excluding steroid dienone is 1. The van der Waals surface area contributed by atoms with Gasteiger partial charge in [-0.3, -0.25) is 4.79 Å². The van der Waals surface area contributed by atoms with Crippen molar-refractivity contribution in [3.05, 3.63) is 87.7 Å². The zero-order valence-corrected chi connectivity index (χ0v) is 18.1. The first-order valence-electron chi connectivity index (χ1n) is 9.06. The van der Waals surface area contributed by atoms with Crippen LogP contribution in [0.1, 0.15) is 10.4 Å². The molecular formula is C22H16BrN3O3S. The van der Waals surface area contributed by atoms with Crippen molar-refractivity contribution in [2.75, 3.05) is 5.75 Å². The predicted molar refractivity (Wildman–Crippen MR) is 121 cm³/mol. The lowest BCUT2D eigenvalue weighted by Gasteiger charge is -2.02. The van der Waals surface area contributed by atoms with Gasteiger partial charge in [0.25, 0.3) is 0 Å². The molecule has 8 heteroatoms. The van der Waals surface area contributed by atoms with Crippen molar-refractivity contribution in [2.24, 2.45) is 0 Å².